The summed E-state index contributed by atoms with van der Waals surface area (Å²) in [5, 5.41) is 2.94. The molecule has 3 N–H and O–H groups in total. The Labute approximate surface area is 97.4 Å². The molecule has 80 valence electrons. The summed E-state index contributed by atoms with van der Waals surface area (Å²) in [5.74, 6) is 0. The van der Waals surface area contributed by atoms with Gasteiger partial charge in [-0.05, 0) is 18.2 Å². The summed E-state index contributed by atoms with van der Waals surface area (Å²) < 4.78 is 4.45. The van der Waals surface area contributed by atoms with Crippen LogP contribution < -0.4 is 11.1 Å². The molecule has 0 aliphatic rings. The van der Waals surface area contributed by atoms with Crippen molar-refractivity contribution >= 4 is 40.6 Å². The zero-order chi connectivity index (χ0) is 11.4. The molecule has 1 aromatic rings. The van der Waals surface area contributed by atoms with Crippen molar-refractivity contribution in [2.75, 3.05) is 12.4 Å². The number of nitrogens with one attached hydrogen (secondary N) is 1. The fourth-order valence-corrected chi connectivity index (χ4v) is 1.35. The molecular weight excluding hydrogens is 236 g/mol. The van der Waals surface area contributed by atoms with Gasteiger partial charge in [0.15, 0.2) is 0 Å². The topological polar surface area (TPSA) is 64.3 Å². The lowest BCUT2D eigenvalue weighted by Crippen LogP contribution is -2.17. The second-order valence-corrected chi connectivity index (χ2v) is 3.55. The minimum atomic E-state index is -0.602. The molecule has 0 fully saturated rings. The Kier molecular flexibility index (Phi) is 3.88. The highest BCUT2D eigenvalue weighted by molar-refractivity contribution is 7.80. The zero-order valence-corrected chi connectivity index (χ0v) is 9.48. The van der Waals surface area contributed by atoms with Gasteiger partial charge in [-0.2, -0.15) is 0 Å². The van der Waals surface area contributed by atoms with Crippen LogP contribution in [-0.4, -0.2) is 18.2 Å². The van der Waals surface area contributed by atoms with E-state index in [-0.39, 0.29) is 4.99 Å². The van der Waals surface area contributed by atoms with Crippen LogP contribution in [0, 0.1) is 0 Å². The third-order valence-electron chi connectivity index (χ3n) is 1.67. The fourth-order valence-electron chi connectivity index (χ4n) is 0.996. The van der Waals surface area contributed by atoms with Crippen LogP contribution in [0.2, 0.25) is 5.02 Å². The standard InChI is InChI=1S/C9H9ClN2O2S/c1-14-9(13)12-7-4-5(10)2-3-6(7)8(11)15/h2-4H,1H3,(H2,11,15)(H,12,13). The highest BCUT2D eigenvalue weighted by Crippen LogP contribution is 2.21. The highest BCUT2D eigenvalue weighted by Gasteiger charge is 2.09. The van der Waals surface area contributed by atoms with Crippen LogP contribution in [0.3, 0.4) is 0 Å². The molecule has 0 saturated heterocycles. The molecule has 0 bridgehead atoms. The number of ether oxygens (including phenoxy) is 1. The van der Waals surface area contributed by atoms with Crippen LogP contribution in [0.1, 0.15) is 5.56 Å². The number of nitrogens with two attached hydrogens (primary N) is 1. The molecule has 0 aromatic heterocycles. The van der Waals surface area contributed by atoms with Crippen molar-refractivity contribution < 1.29 is 9.53 Å². The summed E-state index contributed by atoms with van der Waals surface area (Å²) in [6.07, 6.45) is -0.602. The number of benzene rings is 1. The van der Waals surface area contributed by atoms with Gasteiger partial charge >= 0.3 is 6.09 Å². The summed E-state index contributed by atoms with van der Waals surface area (Å²) in [7, 11) is 1.26. The van der Waals surface area contributed by atoms with E-state index in [2.05, 4.69) is 10.1 Å². The summed E-state index contributed by atoms with van der Waals surface area (Å²) in [5.41, 5.74) is 6.45. The molecule has 1 rings (SSSR count). The number of methoxy groups -OCH3 is 1. The van der Waals surface area contributed by atoms with Crippen LogP contribution >= 0.6 is 23.8 Å². The van der Waals surface area contributed by atoms with Gasteiger partial charge in [0.25, 0.3) is 0 Å². The average Bonchev–Trinajstić information content (AvgIpc) is 2.17. The van der Waals surface area contributed by atoms with Crippen molar-refractivity contribution in [3.05, 3.63) is 28.8 Å². The Balaban J connectivity index is 3.07. The van der Waals surface area contributed by atoms with Gasteiger partial charge in [-0.1, -0.05) is 23.8 Å². The van der Waals surface area contributed by atoms with Crippen LogP contribution in [0.4, 0.5) is 10.5 Å². The smallest absolute Gasteiger partial charge is 0.411 e. The van der Waals surface area contributed by atoms with Crippen molar-refractivity contribution in [1.82, 2.24) is 0 Å². The van der Waals surface area contributed by atoms with E-state index in [4.69, 9.17) is 29.6 Å². The molecule has 0 unspecified atom stereocenters. The van der Waals surface area contributed by atoms with E-state index < -0.39 is 6.09 Å². The van der Waals surface area contributed by atoms with Gasteiger partial charge in [-0.25, -0.2) is 4.79 Å². The van der Waals surface area contributed by atoms with Gasteiger partial charge in [0.05, 0.1) is 12.8 Å². The van der Waals surface area contributed by atoms with E-state index in [0.29, 0.717) is 16.3 Å². The molecule has 4 nitrogen and oxygen atoms in total. The first kappa shape index (κ1) is 11.7. The van der Waals surface area contributed by atoms with Crippen LogP contribution in [0.5, 0.6) is 0 Å². The first-order chi connectivity index (χ1) is 7.04. The molecule has 1 amide bonds. The van der Waals surface area contributed by atoms with Crippen molar-refractivity contribution in [3.8, 4) is 0 Å². The summed E-state index contributed by atoms with van der Waals surface area (Å²) >= 11 is 10.6. The summed E-state index contributed by atoms with van der Waals surface area (Å²) in [6.45, 7) is 0. The number of hydrogen-bond donors (Lipinski definition) is 2. The first-order valence-corrected chi connectivity index (χ1v) is 4.77. The molecule has 0 heterocycles. The predicted molar refractivity (Wildman–Crippen MR) is 63.4 cm³/mol. The maximum Gasteiger partial charge on any atom is 0.411 e. The number of halogens is 1. The van der Waals surface area contributed by atoms with Gasteiger partial charge in [-0.15, -0.1) is 0 Å². The Bertz CT molecular complexity index is 409. The van der Waals surface area contributed by atoms with Crippen LogP contribution in [0.25, 0.3) is 0 Å². The number of amides is 1. The number of thiocarbonyl (C=S) groups is 1. The largest absolute Gasteiger partial charge is 0.453 e. The maximum atomic E-state index is 11.0. The second-order valence-electron chi connectivity index (χ2n) is 2.67. The van der Waals surface area contributed by atoms with E-state index in [1.807, 2.05) is 0 Å². The molecule has 0 atom stereocenters. The van der Waals surface area contributed by atoms with Crippen LogP contribution in [-0.2, 0) is 4.74 Å². The Morgan fingerprint density at radius 1 is 1.60 bits per heavy atom. The molecule has 0 spiro atoms. The van der Waals surface area contributed by atoms with E-state index in [9.17, 15) is 4.79 Å². The molecule has 0 saturated carbocycles. The van der Waals surface area contributed by atoms with Crippen molar-refractivity contribution in [2.45, 2.75) is 0 Å². The van der Waals surface area contributed by atoms with Crippen molar-refractivity contribution in [2.24, 2.45) is 5.73 Å². The lowest BCUT2D eigenvalue weighted by Gasteiger charge is -2.09. The lowest BCUT2D eigenvalue weighted by molar-refractivity contribution is 0.187. The molecule has 0 aliphatic carbocycles. The average molecular weight is 245 g/mol. The molecule has 6 heteroatoms. The Morgan fingerprint density at radius 3 is 2.80 bits per heavy atom. The zero-order valence-electron chi connectivity index (χ0n) is 7.91. The minimum absolute atomic E-state index is 0.179. The SMILES string of the molecule is COC(=O)Nc1cc(Cl)ccc1C(N)=S. The Morgan fingerprint density at radius 2 is 2.27 bits per heavy atom. The normalized spacial score (nSPS) is 9.47. The van der Waals surface area contributed by atoms with Crippen LogP contribution in [0.15, 0.2) is 18.2 Å². The Hall–Kier alpha value is -1.33. The number of hydrogen-bond acceptors (Lipinski definition) is 3. The molecular formula is C9H9ClN2O2S. The van der Waals surface area contributed by atoms with Crippen molar-refractivity contribution in [1.29, 1.82) is 0 Å². The lowest BCUT2D eigenvalue weighted by atomic mass is 10.2. The van der Waals surface area contributed by atoms with Gasteiger partial charge in [0, 0.05) is 10.6 Å². The van der Waals surface area contributed by atoms with E-state index in [1.165, 1.54) is 7.11 Å². The quantitative estimate of drug-likeness (QED) is 0.783. The van der Waals surface area contributed by atoms with Gasteiger partial charge in [0.1, 0.15) is 4.99 Å². The molecule has 1 aromatic carbocycles. The van der Waals surface area contributed by atoms with E-state index >= 15 is 0 Å². The third-order valence-corrected chi connectivity index (χ3v) is 2.12. The monoisotopic (exact) mass is 244 g/mol. The van der Waals surface area contributed by atoms with E-state index in [1.54, 1.807) is 18.2 Å². The summed E-state index contributed by atoms with van der Waals surface area (Å²) in [4.78, 5) is 11.2. The van der Waals surface area contributed by atoms with E-state index in [0.717, 1.165) is 0 Å². The number of rotatable bonds is 2. The number of anilines is 1. The fraction of sp³-hybridized carbons (Fsp3) is 0.111. The van der Waals surface area contributed by atoms with Crippen molar-refractivity contribution in [3.63, 3.8) is 0 Å². The first-order valence-electron chi connectivity index (χ1n) is 3.99. The molecule has 0 radical (unpaired) electrons. The van der Waals surface area contributed by atoms with Gasteiger partial charge in [-0.3, -0.25) is 5.32 Å². The molecule has 0 aliphatic heterocycles. The maximum absolute atomic E-state index is 11.0. The summed E-state index contributed by atoms with van der Waals surface area (Å²) in [6, 6.07) is 4.82. The highest BCUT2D eigenvalue weighted by atomic mass is 35.5. The number of carbonyl (C=O) groups is 1. The van der Waals surface area contributed by atoms with Gasteiger partial charge < -0.3 is 10.5 Å². The molecule has 15 heavy (non-hydrogen) atoms. The predicted octanol–water partition coefficient (Wildman–Crippen LogP) is 2.15. The number of carbonyl (C=O) groups excluding carboxylic acids is 1. The third kappa shape index (κ3) is 3.07. The minimum Gasteiger partial charge on any atom is -0.453 e. The second kappa shape index (κ2) is 4.95. The van der Waals surface area contributed by atoms with Gasteiger partial charge in [0.2, 0.25) is 0 Å².